The van der Waals surface area contributed by atoms with Crippen molar-refractivity contribution in [2.75, 3.05) is 0 Å². The maximum absolute atomic E-state index is 12.3. The molecular formula is C18H22N2OS. The van der Waals surface area contributed by atoms with Crippen LogP contribution >= 0.6 is 11.3 Å². The van der Waals surface area contributed by atoms with E-state index in [0.29, 0.717) is 6.04 Å². The van der Waals surface area contributed by atoms with Crippen molar-refractivity contribution < 1.29 is 4.79 Å². The van der Waals surface area contributed by atoms with Gasteiger partial charge in [-0.2, -0.15) is 0 Å². The lowest BCUT2D eigenvalue weighted by Crippen LogP contribution is -2.42. The smallest absolute Gasteiger partial charge is 0.315 e. The Hall–Kier alpha value is -1.81. The normalized spacial score (nSPS) is 16.4. The summed E-state index contributed by atoms with van der Waals surface area (Å²) >= 11 is 1.67. The molecule has 1 aromatic carbocycles. The molecule has 1 saturated carbocycles. The Bertz CT molecular complexity index is 601. The van der Waals surface area contributed by atoms with Gasteiger partial charge in [0.15, 0.2) is 0 Å². The van der Waals surface area contributed by atoms with E-state index in [0.717, 1.165) is 23.3 Å². The highest BCUT2D eigenvalue weighted by Crippen LogP contribution is 2.26. The molecule has 2 N–H and O–H groups in total. The molecule has 0 bridgehead atoms. The maximum atomic E-state index is 12.3. The first-order valence-corrected chi connectivity index (χ1v) is 8.77. The summed E-state index contributed by atoms with van der Waals surface area (Å²) in [5, 5.41) is 8.30. The van der Waals surface area contributed by atoms with E-state index in [9.17, 15) is 4.79 Å². The second-order valence-corrected chi connectivity index (χ2v) is 6.94. The third-order valence-corrected chi connectivity index (χ3v) is 5.14. The molecule has 1 heterocycles. The predicted molar refractivity (Wildman–Crippen MR) is 91.3 cm³/mol. The Morgan fingerprint density at radius 2 is 1.91 bits per heavy atom. The number of hydrogen-bond acceptors (Lipinski definition) is 2. The first-order valence-electron chi connectivity index (χ1n) is 7.89. The fourth-order valence-corrected chi connectivity index (χ4v) is 3.76. The maximum Gasteiger partial charge on any atom is 0.315 e. The first-order chi connectivity index (χ1) is 10.7. The Morgan fingerprint density at radius 3 is 2.55 bits per heavy atom. The second-order valence-electron chi connectivity index (χ2n) is 5.96. The molecule has 0 radical (unpaired) electrons. The van der Waals surface area contributed by atoms with Gasteiger partial charge in [-0.1, -0.05) is 48.7 Å². The molecule has 2 amide bonds. The van der Waals surface area contributed by atoms with Crippen LogP contribution in [0.1, 0.15) is 47.7 Å². The van der Waals surface area contributed by atoms with Crippen LogP contribution in [-0.2, 0) is 0 Å². The lowest BCUT2D eigenvalue weighted by Gasteiger charge is -2.20. The molecule has 1 unspecified atom stereocenters. The predicted octanol–water partition coefficient (Wildman–Crippen LogP) is 4.39. The zero-order chi connectivity index (χ0) is 15.4. The molecule has 0 aliphatic heterocycles. The summed E-state index contributed by atoms with van der Waals surface area (Å²) in [7, 11) is 0. The Kier molecular flexibility index (Phi) is 4.78. The second kappa shape index (κ2) is 6.97. The van der Waals surface area contributed by atoms with E-state index >= 15 is 0 Å². The van der Waals surface area contributed by atoms with E-state index in [4.69, 9.17) is 0 Å². The van der Waals surface area contributed by atoms with Gasteiger partial charge in [0.1, 0.15) is 0 Å². The van der Waals surface area contributed by atoms with E-state index in [1.54, 1.807) is 11.3 Å². The molecule has 4 heteroatoms. The number of aryl methyl sites for hydroxylation is 1. The van der Waals surface area contributed by atoms with E-state index in [1.807, 2.05) is 11.4 Å². The number of hydrogen-bond donors (Lipinski definition) is 2. The lowest BCUT2D eigenvalue weighted by atomic mass is 10.0. The van der Waals surface area contributed by atoms with Gasteiger partial charge in [-0.15, -0.1) is 11.3 Å². The minimum atomic E-state index is -0.0815. The molecule has 1 aromatic heterocycles. The van der Waals surface area contributed by atoms with Crippen LogP contribution in [0.25, 0.3) is 0 Å². The summed E-state index contributed by atoms with van der Waals surface area (Å²) in [6, 6.07) is 12.7. The van der Waals surface area contributed by atoms with Crippen LogP contribution in [0.4, 0.5) is 4.79 Å². The van der Waals surface area contributed by atoms with E-state index in [2.05, 4.69) is 47.9 Å². The highest BCUT2D eigenvalue weighted by atomic mass is 32.1. The van der Waals surface area contributed by atoms with Crippen molar-refractivity contribution in [3.8, 4) is 0 Å². The van der Waals surface area contributed by atoms with Gasteiger partial charge in [-0.3, -0.25) is 0 Å². The average molecular weight is 314 g/mol. The van der Waals surface area contributed by atoms with Crippen LogP contribution in [0.5, 0.6) is 0 Å². The van der Waals surface area contributed by atoms with Crippen molar-refractivity contribution in [1.82, 2.24) is 10.6 Å². The number of carbonyl (C=O) groups is 1. The fraction of sp³-hybridized carbons (Fsp3) is 0.389. The minimum Gasteiger partial charge on any atom is -0.335 e. The monoisotopic (exact) mass is 314 g/mol. The van der Waals surface area contributed by atoms with Crippen LogP contribution < -0.4 is 10.6 Å². The topological polar surface area (TPSA) is 41.1 Å². The first kappa shape index (κ1) is 15.1. The molecule has 0 spiro atoms. The number of thiophene rings is 1. The third kappa shape index (κ3) is 3.69. The Balaban J connectivity index is 1.74. The molecule has 0 saturated heterocycles. The van der Waals surface area contributed by atoms with Crippen LogP contribution in [0.15, 0.2) is 41.8 Å². The largest absolute Gasteiger partial charge is 0.335 e. The summed E-state index contributed by atoms with van der Waals surface area (Å²) in [5.74, 6) is 0. The molecule has 1 atom stereocenters. The van der Waals surface area contributed by atoms with Crippen molar-refractivity contribution in [2.24, 2.45) is 0 Å². The average Bonchev–Trinajstić information content (AvgIpc) is 3.19. The van der Waals surface area contributed by atoms with Crippen LogP contribution in [0, 0.1) is 6.92 Å². The number of amides is 2. The number of urea groups is 1. The molecule has 1 aliphatic carbocycles. The van der Waals surface area contributed by atoms with Crippen LogP contribution in [0.2, 0.25) is 0 Å². The van der Waals surface area contributed by atoms with E-state index in [-0.39, 0.29) is 12.1 Å². The van der Waals surface area contributed by atoms with Crippen molar-refractivity contribution in [3.05, 3.63) is 57.8 Å². The number of carbonyl (C=O) groups excluding carboxylic acids is 1. The number of rotatable bonds is 4. The van der Waals surface area contributed by atoms with Gasteiger partial charge in [0.05, 0.1) is 6.04 Å². The summed E-state index contributed by atoms with van der Waals surface area (Å²) in [6.07, 6.45) is 4.64. The van der Waals surface area contributed by atoms with Gasteiger partial charge in [-0.25, -0.2) is 4.79 Å². The third-order valence-electron chi connectivity index (χ3n) is 4.20. The van der Waals surface area contributed by atoms with Gasteiger partial charge in [0.2, 0.25) is 0 Å². The highest BCUT2D eigenvalue weighted by Gasteiger charge is 2.21. The van der Waals surface area contributed by atoms with Crippen molar-refractivity contribution in [2.45, 2.75) is 44.7 Å². The fourth-order valence-electron chi connectivity index (χ4n) is 2.96. The SMILES string of the molecule is Cc1ccc(C(NC(=O)NC2CCCC2)c2cccs2)cc1. The van der Waals surface area contributed by atoms with Crippen LogP contribution in [0.3, 0.4) is 0 Å². The highest BCUT2D eigenvalue weighted by molar-refractivity contribution is 7.10. The van der Waals surface area contributed by atoms with Gasteiger partial charge in [0, 0.05) is 10.9 Å². The molecule has 1 fully saturated rings. The molecule has 22 heavy (non-hydrogen) atoms. The Labute approximate surface area is 135 Å². The van der Waals surface area contributed by atoms with Crippen molar-refractivity contribution >= 4 is 17.4 Å². The van der Waals surface area contributed by atoms with E-state index in [1.165, 1.54) is 18.4 Å². The van der Waals surface area contributed by atoms with Crippen molar-refractivity contribution in [3.63, 3.8) is 0 Å². The molecule has 1 aliphatic rings. The minimum absolute atomic E-state index is 0.0640. The van der Waals surface area contributed by atoms with Gasteiger partial charge < -0.3 is 10.6 Å². The van der Waals surface area contributed by atoms with Gasteiger partial charge in [0.25, 0.3) is 0 Å². The Morgan fingerprint density at radius 1 is 1.18 bits per heavy atom. The molecule has 2 aromatic rings. The molecule has 3 rings (SSSR count). The zero-order valence-electron chi connectivity index (χ0n) is 12.8. The van der Waals surface area contributed by atoms with Gasteiger partial charge in [-0.05, 0) is 36.8 Å². The lowest BCUT2D eigenvalue weighted by molar-refractivity contribution is 0.235. The summed E-state index contributed by atoms with van der Waals surface area (Å²) < 4.78 is 0. The molecule has 3 nitrogen and oxygen atoms in total. The standard InChI is InChI=1S/C18H22N2OS/c1-13-8-10-14(11-9-13)17(16-7-4-12-22-16)20-18(21)19-15-5-2-3-6-15/h4,7-12,15,17H,2-3,5-6H2,1H3,(H2,19,20,21). The van der Waals surface area contributed by atoms with Gasteiger partial charge >= 0.3 is 6.03 Å². The van der Waals surface area contributed by atoms with E-state index < -0.39 is 0 Å². The summed E-state index contributed by atoms with van der Waals surface area (Å²) in [5.41, 5.74) is 2.35. The quantitative estimate of drug-likeness (QED) is 0.863. The number of nitrogens with one attached hydrogen (secondary N) is 2. The molecule has 116 valence electrons. The summed E-state index contributed by atoms with van der Waals surface area (Å²) in [4.78, 5) is 13.5. The van der Waals surface area contributed by atoms with Crippen molar-refractivity contribution in [1.29, 1.82) is 0 Å². The number of benzene rings is 1. The van der Waals surface area contributed by atoms with Crippen LogP contribution in [-0.4, -0.2) is 12.1 Å². The zero-order valence-corrected chi connectivity index (χ0v) is 13.7. The molecular weight excluding hydrogens is 292 g/mol. The summed E-state index contributed by atoms with van der Waals surface area (Å²) in [6.45, 7) is 2.07.